The first-order chi connectivity index (χ1) is 16.7. The predicted molar refractivity (Wildman–Crippen MR) is 137 cm³/mol. The molecule has 0 aliphatic carbocycles. The zero-order chi connectivity index (χ0) is 24.9. The first-order valence-corrected chi connectivity index (χ1v) is 11.7. The topological polar surface area (TPSA) is 86.9 Å². The Balaban J connectivity index is 1.60. The molecule has 2 aromatic carbocycles. The maximum absolute atomic E-state index is 13.5. The number of anilines is 2. The van der Waals surface area contributed by atoms with E-state index in [2.05, 4.69) is 35.3 Å². The number of carbonyl (C=O) groups is 1. The molecule has 1 aliphatic rings. The summed E-state index contributed by atoms with van der Waals surface area (Å²) < 4.78 is 1.61. The van der Waals surface area contributed by atoms with Crippen molar-refractivity contribution in [3.63, 3.8) is 0 Å². The normalized spacial score (nSPS) is 13.7. The number of hydrogen-bond donors (Lipinski definition) is 2. The molecule has 0 unspecified atom stereocenters. The van der Waals surface area contributed by atoms with Gasteiger partial charge in [0.25, 0.3) is 5.56 Å². The first kappa shape index (κ1) is 22.7. The van der Waals surface area contributed by atoms with E-state index in [0.29, 0.717) is 35.8 Å². The molecule has 0 saturated carbocycles. The van der Waals surface area contributed by atoms with Crippen LogP contribution in [0.25, 0.3) is 5.65 Å². The molecule has 0 amide bonds. The third kappa shape index (κ3) is 4.03. The van der Waals surface area contributed by atoms with Crippen LogP contribution in [-0.2, 0) is 13.1 Å². The monoisotopic (exact) mass is 468 g/mol. The van der Waals surface area contributed by atoms with Gasteiger partial charge in [-0.05, 0) is 62.6 Å². The molecule has 1 aliphatic heterocycles. The molecular weight excluding hydrogens is 440 g/mol. The number of fused-ring (bicyclic) bond motifs is 2. The van der Waals surface area contributed by atoms with E-state index in [-0.39, 0.29) is 17.2 Å². The van der Waals surface area contributed by atoms with Crippen molar-refractivity contribution < 1.29 is 9.90 Å². The maximum Gasteiger partial charge on any atom is 0.337 e. The van der Waals surface area contributed by atoms with Gasteiger partial charge in [-0.3, -0.25) is 9.20 Å². The van der Waals surface area contributed by atoms with Gasteiger partial charge in [0, 0.05) is 30.5 Å². The second kappa shape index (κ2) is 8.58. The first-order valence-electron chi connectivity index (χ1n) is 11.7. The Morgan fingerprint density at radius 2 is 1.77 bits per heavy atom. The van der Waals surface area contributed by atoms with Gasteiger partial charge in [0.1, 0.15) is 11.5 Å². The molecule has 35 heavy (non-hydrogen) atoms. The van der Waals surface area contributed by atoms with Gasteiger partial charge in [0.2, 0.25) is 0 Å². The highest BCUT2D eigenvalue weighted by Crippen LogP contribution is 2.31. The van der Waals surface area contributed by atoms with Crippen molar-refractivity contribution in [2.24, 2.45) is 0 Å². The molecule has 0 radical (unpaired) electrons. The second-order valence-corrected chi connectivity index (χ2v) is 9.38. The van der Waals surface area contributed by atoms with Crippen molar-refractivity contribution in [1.29, 1.82) is 0 Å². The number of carboxylic acids is 1. The third-order valence-electron chi connectivity index (χ3n) is 6.67. The van der Waals surface area contributed by atoms with Gasteiger partial charge in [-0.25, -0.2) is 9.78 Å². The zero-order valence-electron chi connectivity index (χ0n) is 20.3. The van der Waals surface area contributed by atoms with Gasteiger partial charge < -0.3 is 15.3 Å². The number of nitrogens with one attached hydrogen (secondary N) is 1. The van der Waals surface area contributed by atoms with Crippen LogP contribution in [0.3, 0.4) is 0 Å². The van der Waals surface area contributed by atoms with E-state index in [0.717, 1.165) is 11.1 Å². The summed E-state index contributed by atoms with van der Waals surface area (Å²) in [6.07, 6.45) is 1.81. The smallest absolute Gasteiger partial charge is 0.337 e. The predicted octanol–water partition coefficient (Wildman–Crippen LogP) is 5.01. The molecule has 7 nitrogen and oxygen atoms in total. The fourth-order valence-electron chi connectivity index (χ4n) is 4.89. The molecule has 7 heteroatoms. The van der Waals surface area contributed by atoms with Crippen molar-refractivity contribution in [2.45, 2.75) is 46.8 Å². The molecule has 0 fully saturated rings. The lowest BCUT2D eigenvalue weighted by Gasteiger charge is -2.23. The molecule has 2 aromatic heterocycles. The zero-order valence-corrected chi connectivity index (χ0v) is 20.3. The minimum absolute atomic E-state index is 0.0970. The highest BCUT2D eigenvalue weighted by molar-refractivity contribution is 5.94. The molecule has 178 valence electrons. The number of benzene rings is 2. The lowest BCUT2D eigenvalue weighted by molar-refractivity contribution is 0.0698. The minimum Gasteiger partial charge on any atom is -0.478 e. The molecule has 2 N–H and O–H groups in total. The highest BCUT2D eigenvalue weighted by atomic mass is 16.4. The van der Waals surface area contributed by atoms with Crippen LogP contribution < -0.4 is 15.8 Å². The van der Waals surface area contributed by atoms with Crippen LogP contribution in [0.1, 0.15) is 56.7 Å². The molecule has 3 heterocycles. The van der Waals surface area contributed by atoms with Gasteiger partial charge in [-0.1, -0.05) is 35.9 Å². The van der Waals surface area contributed by atoms with Gasteiger partial charge in [0.05, 0.1) is 17.2 Å². The number of rotatable bonds is 5. The lowest BCUT2D eigenvalue weighted by atomic mass is 10.1. The summed E-state index contributed by atoms with van der Waals surface area (Å²) in [5.74, 6) is -0.308. The number of aromatic carboxylic acids is 1. The van der Waals surface area contributed by atoms with E-state index in [1.54, 1.807) is 28.7 Å². The van der Waals surface area contributed by atoms with Gasteiger partial charge >= 0.3 is 5.97 Å². The Morgan fingerprint density at radius 1 is 1.03 bits per heavy atom. The molecular formula is C28H28N4O3. The van der Waals surface area contributed by atoms with Crippen LogP contribution in [0.4, 0.5) is 11.5 Å². The van der Waals surface area contributed by atoms with E-state index in [4.69, 9.17) is 4.98 Å². The third-order valence-corrected chi connectivity index (χ3v) is 6.67. The molecule has 0 spiro atoms. The Kier molecular flexibility index (Phi) is 5.55. The summed E-state index contributed by atoms with van der Waals surface area (Å²) in [6.45, 7) is 9.23. The maximum atomic E-state index is 13.5. The average Bonchev–Trinajstić information content (AvgIpc) is 3.24. The number of para-hydroxylation sites is 1. The van der Waals surface area contributed by atoms with Gasteiger partial charge in [-0.2, -0.15) is 0 Å². The summed E-state index contributed by atoms with van der Waals surface area (Å²) >= 11 is 0. The van der Waals surface area contributed by atoms with E-state index in [1.165, 1.54) is 16.7 Å². The summed E-state index contributed by atoms with van der Waals surface area (Å²) in [4.78, 5) is 32.3. The second-order valence-electron chi connectivity index (χ2n) is 9.38. The standard InChI is InChI=1S/C28H28N4O3/c1-16-9-10-20-14-31(15-21(20)11-16)25-18(3)27(33)32-13-17(2)12-23(26(32)30-25)19(4)29-24-8-6-5-7-22(24)28(34)35/h5-13,19,29H,14-15H2,1-4H3,(H,34,35)/t19-/m1/s1. The molecule has 0 saturated heterocycles. The summed E-state index contributed by atoms with van der Waals surface area (Å²) in [5.41, 5.74) is 7.28. The quantitative estimate of drug-likeness (QED) is 0.428. The Bertz CT molecular complexity index is 1540. The van der Waals surface area contributed by atoms with Crippen LogP contribution >= 0.6 is 0 Å². The SMILES string of the molecule is Cc1ccc2c(c1)CN(c1nc3c([C@@H](C)Nc4ccccc4C(=O)O)cc(C)cn3c(=O)c1C)C2. The number of aryl methyl sites for hydroxylation is 2. The number of pyridine rings is 1. The van der Waals surface area contributed by atoms with Crippen molar-refractivity contribution in [3.8, 4) is 0 Å². The minimum atomic E-state index is -0.995. The van der Waals surface area contributed by atoms with Gasteiger partial charge in [0.15, 0.2) is 0 Å². The molecule has 1 atom stereocenters. The molecule has 4 aromatic rings. The van der Waals surface area contributed by atoms with E-state index < -0.39 is 5.97 Å². The van der Waals surface area contributed by atoms with Gasteiger partial charge in [-0.15, -0.1) is 0 Å². The molecule has 0 bridgehead atoms. The van der Waals surface area contributed by atoms with Crippen molar-refractivity contribution in [2.75, 3.05) is 10.2 Å². The van der Waals surface area contributed by atoms with Crippen LogP contribution in [0.2, 0.25) is 0 Å². The lowest BCUT2D eigenvalue weighted by Crippen LogP contribution is -2.27. The number of carboxylic acid groups (broad SMARTS) is 1. The van der Waals surface area contributed by atoms with E-state index in [9.17, 15) is 14.7 Å². The fraction of sp³-hybridized carbons (Fsp3) is 0.250. The van der Waals surface area contributed by atoms with E-state index >= 15 is 0 Å². The number of hydrogen-bond acceptors (Lipinski definition) is 5. The number of nitrogens with zero attached hydrogens (tertiary/aromatic N) is 3. The fourth-order valence-corrected chi connectivity index (χ4v) is 4.89. The van der Waals surface area contributed by atoms with E-state index in [1.807, 2.05) is 33.0 Å². The Hall–Kier alpha value is -4.13. The Morgan fingerprint density at radius 3 is 2.54 bits per heavy atom. The molecule has 5 rings (SSSR count). The van der Waals surface area contributed by atoms with Crippen molar-refractivity contribution in [1.82, 2.24) is 9.38 Å². The van der Waals surface area contributed by atoms with Crippen molar-refractivity contribution >= 4 is 23.1 Å². The number of aromatic nitrogens is 2. The average molecular weight is 469 g/mol. The highest BCUT2D eigenvalue weighted by Gasteiger charge is 2.25. The summed E-state index contributed by atoms with van der Waals surface area (Å²) in [7, 11) is 0. The van der Waals surface area contributed by atoms with Crippen LogP contribution in [-0.4, -0.2) is 20.5 Å². The Labute approximate surface area is 203 Å². The van der Waals surface area contributed by atoms with Crippen LogP contribution in [0.15, 0.2) is 59.5 Å². The van der Waals surface area contributed by atoms with Crippen LogP contribution in [0.5, 0.6) is 0 Å². The largest absolute Gasteiger partial charge is 0.478 e. The van der Waals surface area contributed by atoms with Crippen LogP contribution in [0, 0.1) is 20.8 Å². The van der Waals surface area contributed by atoms with Crippen molar-refractivity contribution in [3.05, 3.63) is 104 Å². The summed E-state index contributed by atoms with van der Waals surface area (Å²) in [5, 5.41) is 12.9. The summed E-state index contributed by atoms with van der Waals surface area (Å²) in [6, 6.07) is 15.0.